The van der Waals surface area contributed by atoms with Gasteiger partial charge in [-0.05, 0) is 39.0 Å². The highest BCUT2D eigenvalue weighted by molar-refractivity contribution is 7.47. The second-order valence-corrected chi connectivity index (χ2v) is 15.4. The van der Waals surface area contributed by atoms with Crippen LogP contribution >= 0.6 is 7.82 Å². The van der Waals surface area contributed by atoms with E-state index in [1.165, 1.54) is 83.5 Å². The molecule has 3 atom stereocenters. The van der Waals surface area contributed by atoms with E-state index in [0.29, 0.717) is 17.4 Å². The van der Waals surface area contributed by atoms with Crippen LogP contribution in [-0.4, -0.2) is 73.4 Å². The molecular weight excluding hydrogens is 611 g/mol. The zero-order chi connectivity index (χ0) is 35.1. The second kappa shape index (κ2) is 30.8. The van der Waals surface area contributed by atoms with Gasteiger partial charge in [0.2, 0.25) is 5.91 Å². The van der Waals surface area contributed by atoms with Crippen LogP contribution in [-0.2, 0) is 18.4 Å². The Morgan fingerprint density at radius 2 is 1.21 bits per heavy atom. The standard InChI is InChI=1S/C38H73N2O6P/c1-6-8-10-12-14-16-17-18-19-20-21-22-24-26-28-30-32-38(42)39-36(35-46-47(43,44)45-34-33-40(3,4)5)37(41)31-29-27-25-23-15-13-11-9-7-2/h7,9,15,23,29,31,36-37,41H,6,8,10-14,16-22,24-28,30,32-35H2,1-5H3,(H-,39,42,43,44)/p+1/b9-7+,23-15+,31-29+. The number of rotatable bonds is 33. The van der Waals surface area contributed by atoms with Gasteiger partial charge in [-0.15, -0.1) is 0 Å². The first-order valence-electron chi connectivity index (χ1n) is 18.8. The molecule has 0 fully saturated rings. The number of aliphatic hydroxyl groups is 1. The molecule has 0 aromatic heterocycles. The van der Waals surface area contributed by atoms with Gasteiger partial charge in [-0.1, -0.05) is 140 Å². The average molecular weight is 686 g/mol. The third-order valence-corrected chi connectivity index (χ3v) is 9.17. The Balaban J connectivity index is 4.46. The topological polar surface area (TPSA) is 105 Å². The predicted molar refractivity (Wildman–Crippen MR) is 198 cm³/mol. The SMILES string of the molecule is C/C=C/CC/C=C/CC/C=C/C(O)C(COP(=O)(O)OCC[N+](C)(C)C)NC(=O)CCCCCCCCCCCCCCCCCC. The van der Waals surface area contributed by atoms with Gasteiger partial charge < -0.3 is 19.8 Å². The van der Waals surface area contributed by atoms with Crippen LogP contribution < -0.4 is 5.32 Å². The molecule has 0 bridgehead atoms. The Bertz CT molecular complexity index is 871. The molecule has 3 N–H and O–H groups in total. The molecule has 0 aromatic carbocycles. The summed E-state index contributed by atoms with van der Waals surface area (Å²) in [6, 6.07) is -0.862. The predicted octanol–water partition coefficient (Wildman–Crippen LogP) is 9.57. The summed E-state index contributed by atoms with van der Waals surface area (Å²) >= 11 is 0. The van der Waals surface area contributed by atoms with Crippen LogP contribution in [0.15, 0.2) is 36.5 Å². The lowest BCUT2D eigenvalue weighted by molar-refractivity contribution is -0.870. The highest BCUT2D eigenvalue weighted by Gasteiger charge is 2.27. The third-order valence-electron chi connectivity index (χ3n) is 8.19. The van der Waals surface area contributed by atoms with Crippen molar-refractivity contribution < 1.29 is 32.9 Å². The summed E-state index contributed by atoms with van der Waals surface area (Å²) in [4.78, 5) is 22.9. The monoisotopic (exact) mass is 686 g/mol. The maximum atomic E-state index is 12.8. The summed E-state index contributed by atoms with van der Waals surface area (Å²) in [6.45, 7) is 4.53. The number of nitrogens with one attached hydrogen (secondary N) is 1. The van der Waals surface area contributed by atoms with Gasteiger partial charge in [-0.3, -0.25) is 13.8 Å². The van der Waals surface area contributed by atoms with Crippen LogP contribution in [0.2, 0.25) is 0 Å². The van der Waals surface area contributed by atoms with E-state index in [0.717, 1.165) is 44.9 Å². The molecule has 1 amide bonds. The summed E-state index contributed by atoms with van der Waals surface area (Å²) in [5, 5.41) is 13.7. The fraction of sp³-hybridized carbons (Fsp3) is 0.816. The molecule has 47 heavy (non-hydrogen) atoms. The van der Waals surface area contributed by atoms with E-state index in [1.807, 2.05) is 40.2 Å². The molecule has 0 heterocycles. The molecule has 0 radical (unpaired) electrons. The minimum Gasteiger partial charge on any atom is -0.387 e. The molecular formula is C38H74N2O6P+. The minimum absolute atomic E-state index is 0.0538. The summed E-state index contributed by atoms with van der Waals surface area (Å²) in [5.41, 5.74) is 0. The van der Waals surface area contributed by atoms with E-state index in [2.05, 4.69) is 30.5 Å². The van der Waals surface area contributed by atoms with Gasteiger partial charge in [-0.25, -0.2) is 4.57 Å². The van der Waals surface area contributed by atoms with E-state index in [-0.39, 0.29) is 19.1 Å². The number of hydrogen-bond acceptors (Lipinski definition) is 5. The van der Waals surface area contributed by atoms with Crippen molar-refractivity contribution in [2.45, 2.75) is 161 Å². The summed E-state index contributed by atoms with van der Waals surface area (Å²) in [6.07, 6.45) is 35.2. The molecule has 0 saturated heterocycles. The van der Waals surface area contributed by atoms with Gasteiger partial charge >= 0.3 is 7.82 Å². The van der Waals surface area contributed by atoms with E-state index in [9.17, 15) is 19.4 Å². The number of unbranched alkanes of at least 4 members (excludes halogenated alkanes) is 17. The Hall–Kier alpha value is -1.28. The maximum Gasteiger partial charge on any atom is 0.472 e. The average Bonchev–Trinajstić information content (AvgIpc) is 3.01. The largest absolute Gasteiger partial charge is 0.472 e. The second-order valence-electron chi connectivity index (χ2n) is 14.0. The highest BCUT2D eigenvalue weighted by atomic mass is 31.2. The number of nitrogens with zero attached hydrogens (tertiary/aromatic N) is 1. The summed E-state index contributed by atoms with van der Waals surface area (Å²) in [7, 11) is 1.54. The lowest BCUT2D eigenvalue weighted by atomic mass is 10.0. The molecule has 276 valence electrons. The van der Waals surface area contributed by atoms with Crippen LogP contribution in [0.1, 0.15) is 149 Å². The number of amides is 1. The normalized spacial score (nSPS) is 15.1. The Labute approximate surface area is 289 Å². The highest BCUT2D eigenvalue weighted by Crippen LogP contribution is 2.43. The number of phosphoric acid groups is 1. The Kier molecular flexibility index (Phi) is 29.9. The van der Waals surface area contributed by atoms with Crippen molar-refractivity contribution in [1.82, 2.24) is 5.32 Å². The zero-order valence-electron chi connectivity index (χ0n) is 31.0. The van der Waals surface area contributed by atoms with Gasteiger partial charge in [0.05, 0.1) is 39.9 Å². The first-order valence-corrected chi connectivity index (χ1v) is 20.3. The molecule has 0 aliphatic rings. The van der Waals surface area contributed by atoms with E-state index in [1.54, 1.807) is 6.08 Å². The van der Waals surface area contributed by atoms with E-state index in [4.69, 9.17) is 9.05 Å². The summed E-state index contributed by atoms with van der Waals surface area (Å²) < 4.78 is 23.4. The van der Waals surface area contributed by atoms with Crippen LogP contribution in [0.4, 0.5) is 0 Å². The van der Waals surface area contributed by atoms with Crippen molar-refractivity contribution in [3.8, 4) is 0 Å². The number of allylic oxidation sites excluding steroid dienone is 5. The first-order chi connectivity index (χ1) is 22.5. The number of hydrogen-bond donors (Lipinski definition) is 3. The Morgan fingerprint density at radius 3 is 1.70 bits per heavy atom. The molecule has 0 spiro atoms. The molecule has 0 aliphatic carbocycles. The zero-order valence-corrected chi connectivity index (χ0v) is 31.9. The summed E-state index contributed by atoms with van der Waals surface area (Å²) in [5.74, 6) is -0.195. The van der Waals surface area contributed by atoms with Crippen molar-refractivity contribution in [3.05, 3.63) is 36.5 Å². The fourth-order valence-corrected chi connectivity index (χ4v) is 5.87. The van der Waals surface area contributed by atoms with Crippen molar-refractivity contribution in [2.24, 2.45) is 0 Å². The molecule has 0 rings (SSSR count). The Morgan fingerprint density at radius 1 is 0.745 bits per heavy atom. The smallest absolute Gasteiger partial charge is 0.387 e. The van der Waals surface area contributed by atoms with Crippen LogP contribution in [0, 0.1) is 0 Å². The van der Waals surface area contributed by atoms with Gasteiger partial charge in [-0.2, -0.15) is 0 Å². The molecule has 8 nitrogen and oxygen atoms in total. The van der Waals surface area contributed by atoms with E-state index >= 15 is 0 Å². The van der Waals surface area contributed by atoms with Crippen molar-refractivity contribution >= 4 is 13.7 Å². The number of likely N-dealkylation sites (N-methyl/N-ethyl adjacent to an activating group) is 1. The van der Waals surface area contributed by atoms with Crippen LogP contribution in [0.3, 0.4) is 0 Å². The molecule has 0 aliphatic heterocycles. The van der Waals surface area contributed by atoms with Crippen LogP contribution in [0.25, 0.3) is 0 Å². The third kappa shape index (κ3) is 33.0. The molecule has 3 unspecified atom stereocenters. The van der Waals surface area contributed by atoms with E-state index < -0.39 is 20.0 Å². The molecule has 0 aromatic rings. The van der Waals surface area contributed by atoms with Crippen molar-refractivity contribution in [2.75, 3.05) is 40.9 Å². The van der Waals surface area contributed by atoms with Crippen LogP contribution in [0.5, 0.6) is 0 Å². The first kappa shape index (κ1) is 45.7. The lowest BCUT2D eigenvalue weighted by Gasteiger charge is -2.25. The minimum atomic E-state index is -4.33. The quantitative estimate of drug-likeness (QED) is 0.0275. The van der Waals surface area contributed by atoms with Crippen molar-refractivity contribution in [3.63, 3.8) is 0 Å². The lowest BCUT2D eigenvalue weighted by Crippen LogP contribution is -2.45. The molecule has 0 saturated carbocycles. The number of carbonyl (C=O) groups excluding carboxylic acids is 1. The van der Waals surface area contributed by atoms with Gasteiger partial charge in [0.25, 0.3) is 0 Å². The van der Waals surface area contributed by atoms with Crippen molar-refractivity contribution in [1.29, 1.82) is 0 Å². The van der Waals surface area contributed by atoms with Gasteiger partial charge in [0.15, 0.2) is 0 Å². The fourth-order valence-electron chi connectivity index (χ4n) is 5.14. The maximum absolute atomic E-state index is 12.8. The number of carbonyl (C=O) groups is 1. The number of phosphoric ester groups is 1. The number of aliphatic hydroxyl groups excluding tert-OH is 1. The number of quaternary nitrogens is 1. The van der Waals surface area contributed by atoms with Gasteiger partial charge in [0.1, 0.15) is 13.2 Å². The van der Waals surface area contributed by atoms with Gasteiger partial charge in [0, 0.05) is 6.42 Å². The molecule has 9 heteroatoms.